The lowest BCUT2D eigenvalue weighted by Crippen LogP contribution is -2.40. The zero-order chi connectivity index (χ0) is 23.0. The van der Waals surface area contributed by atoms with E-state index in [2.05, 4.69) is 88.0 Å². The van der Waals surface area contributed by atoms with Crippen molar-refractivity contribution in [1.29, 1.82) is 0 Å². The van der Waals surface area contributed by atoms with Gasteiger partial charge in [0.2, 0.25) is 0 Å². The van der Waals surface area contributed by atoms with Gasteiger partial charge in [0.05, 0.1) is 0 Å². The van der Waals surface area contributed by atoms with Gasteiger partial charge in [-0.3, -0.25) is 0 Å². The number of halogens is 1. The van der Waals surface area contributed by atoms with E-state index in [1.165, 1.54) is 0 Å². The van der Waals surface area contributed by atoms with Crippen molar-refractivity contribution in [3.8, 4) is 11.3 Å². The molecule has 0 fully saturated rings. The number of hydrogen-bond acceptors (Lipinski definition) is 3. The van der Waals surface area contributed by atoms with Crippen molar-refractivity contribution in [3.05, 3.63) is 148 Å². The van der Waals surface area contributed by atoms with E-state index in [0.717, 1.165) is 43.9 Å². The summed E-state index contributed by atoms with van der Waals surface area (Å²) in [5.74, 6) is 1.53. The lowest BCUT2D eigenvalue weighted by molar-refractivity contribution is -0.0518. The van der Waals surface area contributed by atoms with E-state index in [9.17, 15) is 0 Å². The third-order valence-electron chi connectivity index (χ3n) is 6.26. The van der Waals surface area contributed by atoms with Gasteiger partial charge in [0, 0.05) is 21.3 Å². The number of anilines is 1. The van der Waals surface area contributed by atoms with Crippen molar-refractivity contribution in [1.82, 2.24) is 0 Å². The maximum absolute atomic E-state index is 7.01. The van der Waals surface area contributed by atoms with Gasteiger partial charge in [0.25, 0.3) is 0 Å². The van der Waals surface area contributed by atoms with Crippen LogP contribution in [0.5, 0.6) is 0 Å². The van der Waals surface area contributed by atoms with Crippen molar-refractivity contribution in [3.63, 3.8) is 0 Å². The molecule has 1 N–H and O–H groups in total. The van der Waals surface area contributed by atoms with E-state index >= 15 is 0 Å². The number of para-hydroxylation sites is 1. The molecule has 1 unspecified atom stereocenters. The summed E-state index contributed by atoms with van der Waals surface area (Å²) in [7, 11) is 0. The van der Waals surface area contributed by atoms with Gasteiger partial charge in [0.1, 0.15) is 11.4 Å². The Hall–Kier alpha value is -3.60. The van der Waals surface area contributed by atoms with Crippen LogP contribution in [0.1, 0.15) is 28.7 Å². The van der Waals surface area contributed by atoms with Crippen molar-refractivity contribution in [2.24, 2.45) is 0 Å². The molecule has 2 heterocycles. The Kier molecular flexibility index (Phi) is 5.33. The predicted octanol–water partition coefficient (Wildman–Crippen LogP) is 8.14. The molecule has 0 saturated heterocycles. The van der Waals surface area contributed by atoms with E-state index < -0.39 is 11.8 Å². The Morgan fingerprint density at radius 2 is 1.26 bits per heavy atom. The summed E-state index contributed by atoms with van der Waals surface area (Å²) in [5.41, 5.74) is 4.46. The first-order valence-electron chi connectivity index (χ1n) is 11.2. The van der Waals surface area contributed by atoms with Gasteiger partial charge in [-0.05, 0) is 41.5 Å². The van der Waals surface area contributed by atoms with E-state index in [1.54, 1.807) is 0 Å². The number of fused-ring (bicyclic) bond motifs is 1. The molecule has 3 nitrogen and oxygen atoms in total. The molecule has 0 saturated carbocycles. The van der Waals surface area contributed by atoms with Crippen molar-refractivity contribution >= 4 is 21.6 Å². The highest BCUT2D eigenvalue weighted by Crippen LogP contribution is 2.50. The fourth-order valence-corrected chi connectivity index (χ4v) is 4.94. The standard InChI is InChI=1S/C30H22BrNO2/c31-24-17-15-21(16-18-24)27-19-20-28(33-27)29-32-26-14-8-7-13-25(26)30(34-29,22-9-3-1-4-10-22)23-11-5-2-6-12-23/h1-20,29,32H. The topological polar surface area (TPSA) is 34.4 Å². The van der Waals surface area contributed by atoms with Gasteiger partial charge >= 0.3 is 0 Å². The molecule has 5 aromatic rings. The third kappa shape index (κ3) is 3.56. The number of rotatable bonds is 4. The Balaban J connectivity index is 1.50. The lowest BCUT2D eigenvalue weighted by Gasteiger charge is -2.43. The first kappa shape index (κ1) is 21.0. The summed E-state index contributed by atoms with van der Waals surface area (Å²) in [5, 5.41) is 3.56. The number of furan rings is 1. The van der Waals surface area contributed by atoms with Crippen LogP contribution in [0.2, 0.25) is 0 Å². The number of ether oxygens (including phenoxy) is 1. The molecule has 1 aliphatic heterocycles. The molecular formula is C30H22BrNO2. The second-order valence-electron chi connectivity index (χ2n) is 8.31. The fourth-order valence-electron chi connectivity index (χ4n) is 4.68. The summed E-state index contributed by atoms with van der Waals surface area (Å²) < 4.78 is 14.4. The van der Waals surface area contributed by atoms with Gasteiger partial charge in [-0.25, -0.2) is 0 Å². The summed E-state index contributed by atoms with van der Waals surface area (Å²) >= 11 is 3.50. The minimum Gasteiger partial charge on any atom is -0.456 e. The Bertz CT molecular complexity index is 1370. The zero-order valence-electron chi connectivity index (χ0n) is 18.3. The van der Waals surface area contributed by atoms with Crippen molar-refractivity contribution in [2.45, 2.75) is 11.8 Å². The average Bonchev–Trinajstić information content (AvgIpc) is 3.40. The summed E-state index contributed by atoms with van der Waals surface area (Å²) in [6.07, 6.45) is -0.473. The second kappa shape index (κ2) is 8.64. The Morgan fingerprint density at radius 1 is 0.647 bits per heavy atom. The van der Waals surface area contributed by atoms with Crippen LogP contribution in [-0.4, -0.2) is 0 Å². The molecule has 4 aromatic carbocycles. The minimum atomic E-state index is -0.792. The molecule has 1 aliphatic rings. The van der Waals surface area contributed by atoms with E-state index in [1.807, 2.05) is 54.6 Å². The Labute approximate surface area is 207 Å². The van der Waals surface area contributed by atoms with Crippen LogP contribution in [0.3, 0.4) is 0 Å². The van der Waals surface area contributed by atoms with Gasteiger partial charge in [-0.15, -0.1) is 0 Å². The molecule has 4 heteroatoms. The largest absolute Gasteiger partial charge is 0.456 e. The van der Waals surface area contributed by atoms with Gasteiger partial charge < -0.3 is 14.5 Å². The molecule has 0 bridgehead atoms. The van der Waals surface area contributed by atoms with Crippen LogP contribution in [0.25, 0.3) is 11.3 Å². The minimum absolute atomic E-state index is 0.473. The number of benzene rings is 4. The summed E-state index contributed by atoms with van der Waals surface area (Å²) in [6, 6.07) is 41.2. The van der Waals surface area contributed by atoms with Crippen molar-refractivity contribution in [2.75, 3.05) is 5.32 Å². The highest BCUT2D eigenvalue weighted by molar-refractivity contribution is 9.10. The highest BCUT2D eigenvalue weighted by atomic mass is 79.9. The van der Waals surface area contributed by atoms with Crippen molar-refractivity contribution < 1.29 is 9.15 Å². The first-order chi connectivity index (χ1) is 16.7. The molecule has 1 aromatic heterocycles. The zero-order valence-corrected chi connectivity index (χ0v) is 19.9. The van der Waals surface area contributed by atoms with Crippen LogP contribution < -0.4 is 5.32 Å². The SMILES string of the molecule is Brc1ccc(-c2ccc(C3Nc4ccccc4C(c4ccccc4)(c4ccccc4)O3)o2)cc1. The number of nitrogens with one attached hydrogen (secondary N) is 1. The average molecular weight is 508 g/mol. The molecule has 166 valence electrons. The van der Waals surface area contributed by atoms with E-state index in [4.69, 9.17) is 9.15 Å². The smallest absolute Gasteiger partial charge is 0.188 e. The van der Waals surface area contributed by atoms with Crippen LogP contribution in [0, 0.1) is 0 Å². The molecule has 0 radical (unpaired) electrons. The lowest BCUT2D eigenvalue weighted by atomic mass is 9.78. The van der Waals surface area contributed by atoms with Crippen LogP contribution in [0.15, 0.2) is 130 Å². The monoisotopic (exact) mass is 507 g/mol. The molecule has 0 spiro atoms. The van der Waals surface area contributed by atoms with Gasteiger partial charge in [0.15, 0.2) is 12.0 Å². The van der Waals surface area contributed by atoms with Gasteiger partial charge in [-0.2, -0.15) is 0 Å². The van der Waals surface area contributed by atoms with E-state index in [-0.39, 0.29) is 0 Å². The fraction of sp³-hybridized carbons (Fsp3) is 0.0667. The predicted molar refractivity (Wildman–Crippen MR) is 139 cm³/mol. The quantitative estimate of drug-likeness (QED) is 0.266. The maximum Gasteiger partial charge on any atom is 0.188 e. The molecule has 0 amide bonds. The molecule has 34 heavy (non-hydrogen) atoms. The van der Waals surface area contributed by atoms with Gasteiger partial charge in [-0.1, -0.05) is 107 Å². The Morgan fingerprint density at radius 3 is 1.94 bits per heavy atom. The molecule has 0 aliphatic carbocycles. The maximum atomic E-state index is 7.01. The third-order valence-corrected chi connectivity index (χ3v) is 6.79. The second-order valence-corrected chi connectivity index (χ2v) is 9.23. The molecular weight excluding hydrogens is 486 g/mol. The molecule has 6 rings (SSSR count). The summed E-state index contributed by atoms with van der Waals surface area (Å²) in [6.45, 7) is 0. The molecule has 1 atom stereocenters. The first-order valence-corrected chi connectivity index (χ1v) is 12.0. The number of hydrogen-bond donors (Lipinski definition) is 1. The van der Waals surface area contributed by atoms with Crippen LogP contribution in [-0.2, 0) is 10.3 Å². The van der Waals surface area contributed by atoms with Crippen LogP contribution >= 0.6 is 15.9 Å². The van der Waals surface area contributed by atoms with E-state index in [0.29, 0.717) is 0 Å². The summed E-state index contributed by atoms with van der Waals surface area (Å²) in [4.78, 5) is 0. The highest BCUT2D eigenvalue weighted by Gasteiger charge is 2.45. The van der Waals surface area contributed by atoms with Crippen LogP contribution in [0.4, 0.5) is 5.69 Å². The normalized spacial score (nSPS) is 16.4.